The molecule has 1 N–H and O–H groups in total. The van der Waals surface area contributed by atoms with Crippen LogP contribution in [-0.2, 0) is 4.79 Å². The quantitative estimate of drug-likeness (QED) is 0.882. The molecule has 0 radical (unpaired) electrons. The third-order valence-electron chi connectivity index (χ3n) is 3.53. The SMILES string of the molecule is CN(C(=O)CCC1CCCNC1)c1ccccn1. The zero-order chi connectivity index (χ0) is 12.8. The van der Waals surface area contributed by atoms with Crippen molar-refractivity contribution < 1.29 is 4.79 Å². The topological polar surface area (TPSA) is 45.2 Å². The molecular formula is C14H21N3O. The second-order valence-corrected chi connectivity index (χ2v) is 4.89. The molecule has 98 valence electrons. The predicted octanol–water partition coefficient (Wildman–Crippen LogP) is 1.82. The van der Waals surface area contributed by atoms with Crippen LogP contribution >= 0.6 is 0 Å². The van der Waals surface area contributed by atoms with Gasteiger partial charge in [0.25, 0.3) is 0 Å². The number of carbonyl (C=O) groups excluding carboxylic acids is 1. The second kappa shape index (κ2) is 6.50. The Balaban J connectivity index is 1.80. The first-order valence-electron chi connectivity index (χ1n) is 6.65. The maximum absolute atomic E-state index is 12.1. The number of hydrogen-bond acceptors (Lipinski definition) is 3. The average molecular weight is 247 g/mol. The van der Waals surface area contributed by atoms with Crippen molar-refractivity contribution in [1.29, 1.82) is 0 Å². The monoisotopic (exact) mass is 247 g/mol. The lowest BCUT2D eigenvalue weighted by molar-refractivity contribution is -0.118. The van der Waals surface area contributed by atoms with Crippen molar-refractivity contribution in [2.75, 3.05) is 25.0 Å². The molecule has 1 fully saturated rings. The third-order valence-corrected chi connectivity index (χ3v) is 3.53. The van der Waals surface area contributed by atoms with Gasteiger partial charge in [-0.05, 0) is 50.4 Å². The summed E-state index contributed by atoms with van der Waals surface area (Å²) in [5.74, 6) is 1.53. The van der Waals surface area contributed by atoms with Crippen LogP contribution in [0.5, 0.6) is 0 Å². The first-order valence-corrected chi connectivity index (χ1v) is 6.65. The van der Waals surface area contributed by atoms with Gasteiger partial charge in [0.1, 0.15) is 5.82 Å². The fourth-order valence-electron chi connectivity index (χ4n) is 2.35. The van der Waals surface area contributed by atoms with E-state index in [2.05, 4.69) is 10.3 Å². The second-order valence-electron chi connectivity index (χ2n) is 4.89. The normalized spacial score (nSPS) is 19.5. The van der Waals surface area contributed by atoms with Gasteiger partial charge >= 0.3 is 0 Å². The number of rotatable bonds is 4. The van der Waals surface area contributed by atoms with Crippen LogP contribution in [-0.4, -0.2) is 31.0 Å². The van der Waals surface area contributed by atoms with Crippen LogP contribution in [0, 0.1) is 5.92 Å². The lowest BCUT2D eigenvalue weighted by Gasteiger charge is -2.23. The molecule has 1 aliphatic rings. The fourth-order valence-corrected chi connectivity index (χ4v) is 2.35. The number of nitrogens with zero attached hydrogens (tertiary/aromatic N) is 2. The minimum Gasteiger partial charge on any atom is -0.316 e. The van der Waals surface area contributed by atoms with E-state index in [0.717, 1.165) is 25.3 Å². The molecule has 0 spiro atoms. The first kappa shape index (κ1) is 13.0. The van der Waals surface area contributed by atoms with Gasteiger partial charge in [0, 0.05) is 19.7 Å². The number of anilines is 1. The highest BCUT2D eigenvalue weighted by Gasteiger charge is 2.17. The number of piperidine rings is 1. The zero-order valence-corrected chi connectivity index (χ0v) is 10.9. The lowest BCUT2D eigenvalue weighted by Crippen LogP contribution is -2.32. The summed E-state index contributed by atoms with van der Waals surface area (Å²) in [6.07, 6.45) is 5.77. The number of aromatic nitrogens is 1. The molecule has 1 atom stereocenters. The molecule has 0 aromatic carbocycles. The average Bonchev–Trinajstić information content (AvgIpc) is 2.46. The van der Waals surface area contributed by atoms with E-state index in [0.29, 0.717) is 12.3 Å². The molecule has 2 rings (SSSR count). The van der Waals surface area contributed by atoms with Crippen molar-refractivity contribution in [1.82, 2.24) is 10.3 Å². The van der Waals surface area contributed by atoms with E-state index in [1.807, 2.05) is 18.2 Å². The van der Waals surface area contributed by atoms with E-state index < -0.39 is 0 Å². The van der Waals surface area contributed by atoms with Gasteiger partial charge in [0.05, 0.1) is 0 Å². The van der Waals surface area contributed by atoms with Crippen LogP contribution in [0.2, 0.25) is 0 Å². The molecule has 0 bridgehead atoms. The van der Waals surface area contributed by atoms with Crippen molar-refractivity contribution >= 4 is 11.7 Å². The number of amides is 1. The number of nitrogens with one attached hydrogen (secondary N) is 1. The molecule has 1 aromatic heterocycles. The van der Waals surface area contributed by atoms with E-state index in [9.17, 15) is 4.79 Å². The summed E-state index contributed by atoms with van der Waals surface area (Å²) < 4.78 is 0. The standard InChI is InChI=1S/C14H21N3O/c1-17(13-6-2-3-10-16-13)14(18)8-7-12-5-4-9-15-11-12/h2-3,6,10,12,15H,4-5,7-9,11H2,1H3. The van der Waals surface area contributed by atoms with Gasteiger partial charge in [-0.15, -0.1) is 0 Å². The Hall–Kier alpha value is -1.42. The van der Waals surface area contributed by atoms with Crippen molar-refractivity contribution in [3.05, 3.63) is 24.4 Å². The molecule has 1 amide bonds. The smallest absolute Gasteiger partial charge is 0.227 e. The number of pyridine rings is 1. The predicted molar refractivity (Wildman–Crippen MR) is 72.5 cm³/mol. The highest BCUT2D eigenvalue weighted by Crippen LogP contribution is 2.17. The van der Waals surface area contributed by atoms with Crippen LogP contribution in [0.25, 0.3) is 0 Å². The lowest BCUT2D eigenvalue weighted by atomic mass is 9.94. The Labute approximate surface area is 108 Å². The van der Waals surface area contributed by atoms with Crippen molar-refractivity contribution in [3.63, 3.8) is 0 Å². The Morgan fingerprint density at radius 3 is 3.11 bits per heavy atom. The molecule has 1 saturated heterocycles. The highest BCUT2D eigenvalue weighted by atomic mass is 16.2. The van der Waals surface area contributed by atoms with Gasteiger partial charge in [0.15, 0.2) is 0 Å². The minimum atomic E-state index is 0.152. The summed E-state index contributed by atoms with van der Waals surface area (Å²) >= 11 is 0. The molecule has 4 heteroatoms. The maximum Gasteiger partial charge on any atom is 0.227 e. The van der Waals surface area contributed by atoms with Gasteiger partial charge in [-0.2, -0.15) is 0 Å². The summed E-state index contributed by atoms with van der Waals surface area (Å²) in [6, 6.07) is 5.62. The third kappa shape index (κ3) is 3.53. The summed E-state index contributed by atoms with van der Waals surface area (Å²) in [5.41, 5.74) is 0. The molecule has 0 aliphatic carbocycles. The minimum absolute atomic E-state index is 0.152. The molecule has 1 aliphatic heterocycles. The van der Waals surface area contributed by atoms with Crippen LogP contribution in [0.4, 0.5) is 5.82 Å². The fraction of sp³-hybridized carbons (Fsp3) is 0.571. The van der Waals surface area contributed by atoms with E-state index in [-0.39, 0.29) is 5.91 Å². The Bertz CT molecular complexity index is 374. The van der Waals surface area contributed by atoms with Gasteiger partial charge in [-0.25, -0.2) is 4.98 Å². The highest BCUT2D eigenvalue weighted by molar-refractivity contribution is 5.91. The van der Waals surface area contributed by atoms with E-state index in [1.165, 1.54) is 12.8 Å². The summed E-state index contributed by atoms with van der Waals surface area (Å²) in [4.78, 5) is 17.9. The van der Waals surface area contributed by atoms with Gasteiger partial charge in [-0.3, -0.25) is 9.69 Å². The molecule has 0 saturated carbocycles. The van der Waals surface area contributed by atoms with Gasteiger partial charge < -0.3 is 5.32 Å². The summed E-state index contributed by atoms with van der Waals surface area (Å²) in [5, 5.41) is 3.38. The maximum atomic E-state index is 12.1. The number of carbonyl (C=O) groups is 1. The van der Waals surface area contributed by atoms with Crippen LogP contribution in [0.3, 0.4) is 0 Å². The largest absolute Gasteiger partial charge is 0.316 e. The molecule has 18 heavy (non-hydrogen) atoms. The van der Waals surface area contributed by atoms with E-state index >= 15 is 0 Å². The first-order chi connectivity index (χ1) is 8.77. The summed E-state index contributed by atoms with van der Waals surface area (Å²) in [7, 11) is 1.80. The van der Waals surface area contributed by atoms with Crippen LogP contribution in [0.1, 0.15) is 25.7 Å². The Kier molecular flexibility index (Phi) is 4.70. The molecular weight excluding hydrogens is 226 g/mol. The molecule has 2 heterocycles. The van der Waals surface area contributed by atoms with Crippen LogP contribution in [0.15, 0.2) is 24.4 Å². The molecule has 4 nitrogen and oxygen atoms in total. The van der Waals surface area contributed by atoms with Crippen molar-refractivity contribution in [3.8, 4) is 0 Å². The number of hydrogen-bond donors (Lipinski definition) is 1. The Morgan fingerprint density at radius 2 is 2.44 bits per heavy atom. The van der Waals surface area contributed by atoms with Crippen LogP contribution < -0.4 is 10.2 Å². The van der Waals surface area contributed by atoms with Crippen molar-refractivity contribution in [2.45, 2.75) is 25.7 Å². The molecule has 1 unspecified atom stereocenters. The van der Waals surface area contributed by atoms with Gasteiger partial charge in [0.2, 0.25) is 5.91 Å². The van der Waals surface area contributed by atoms with E-state index in [1.54, 1.807) is 18.1 Å². The molecule has 1 aromatic rings. The van der Waals surface area contributed by atoms with Gasteiger partial charge in [-0.1, -0.05) is 6.07 Å². The zero-order valence-electron chi connectivity index (χ0n) is 10.9. The van der Waals surface area contributed by atoms with Crippen molar-refractivity contribution in [2.24, 2.45) is 5.92 Å². The Morgan fingerprint density at radius 1 is 1.56 bits per heavy atom. The summed E-state index contributed by atoms with van der Waals surface area (Å²) in [6.45, 7) is 2.18. The van der Waals surface area contributed by atoms with E-state index in [4.69, 9.17) is 0 Å².